The molecule has 0 aromatic carbocycles. The lowest BCUT2D eigenvalue weighted by molar-refractivity contribution is -0.181. The summed E-state index contributed by atoms with van der Waals surface area (Å²) in [6, 6.07) is 0. The van der Waals surface area contributed by atoms with Gasteiger partial charge in [-0.05, 0) is 36.7 Å². The average molecular weight is 178 g/mol. The van der Waals surface area contributed by atoms with Crippen LogP contribution < -0.4 is 0 Å². The highest BCUT2D eigenvalue weighted by Crippen LogP contribution is 2.48. The first-order chi connectivity index (χ1) is 6.25. The first-order valence-electron chi connectivity index (χ1n) is 4.73. The third kappa shape index (κ3) is 0.844. The fraction of sp³-hybridized carbons (Fsp3) is 0.600. The molecule has 0 radical (unpaired) electrons. The number of hydrogen-bond acceptors (Lipinski definition) is 3. The van der Waals surface area contributed by atoms with E-state index in [9.17, 15) is 9.59 Å². The Balaban J connectivity index is 1.90. The Hall–Kier alpha value is -1.12. The standard InChI is InChI=1S/C10H10O3/c11-9-8(10(12)13-9)7-4-5-1-2-6(7)3-5/h4-6,8H,1-3H2. The Morgan fingerprint density at radius 2 is 2.00 bits per heavy atom. The molecule has 1 saturated carbocycles. The van der Waals surface area contributed by atoms with E-state index in [0.29, 0.717) is 11.8 Å². The molecular formula is C10H10O3. The molecule has 1 heterocycles. The normalized spacial score (nSPS) is 37.4. The zero-order valence-electron chi connectivity index (χ0n) is 7.16. The zero-order valence-corrected chi connectivity index (χ0v) is 7.16. The van der Waals surface area contributed by atoms with Gasteiger partial charge in [0.25, 0.3) is 0 Å². The van der Waals surface area contributed by atoms with E-state index >= 15 is 0 Å². The van der Waals surface area contributed by atoms with Crippen molar-refractivity contribution in [2.45, 2.75) is 19.3 Å². The molecule has 2 atom stereocenters. The summed E-state index contributed by atoms with van der Waals surface area (Å²) >= 11 is 0. The maximum atomic E-state index is 11.0. The highest BCUT2D eigenvalue weighted by Gasteiger charge is 2.49. The van der Waals surface area contributed by atoms with Gasteiger partial charge in [0.15, 0.2) is 5.92 Å². The van der Waals surface area contributed by atoms with Gasteiger partial charge in [-0.2, -0.15) is 0 Å². The minimum atomic E-state index is -0.518. The molecule has 3 aliphatic rings. The van der Waals surface area contributed by atoms with Crippen LogP contribution in [-0.2, 0) is 14.3 Å². The molecule has 2 fully saturated rings. The predicted molar refractivity (Wildman–Crippen MR) is 43.5 cm³/mol. The minimum Gasteiger partial charge on any atom is -0.391 e. The lowest BCUT2D eigenvalue weighted by Gasteiger charge is -2.26. The Kier molecular flexibility index (Phi) is 1.25. The molecule has 0 spiro atoms. The molecule has 0 N–H and O–H groups in total. The molecule has 0 aromatic heterocycles. The molecular weight excluding hydrogens is 168 g/mol. The van der Waals surface area contributed by atoms with E-state index in [1.165, 1.54) is 6.42 Å². The summed E-state index contributed by atoms with van der Waals surface area (Å²) in [6.45, 7) is 0. The van der Waals surface area contributed by atoms with Gasteiger partial charge in [0, 0.05) is 0 Å². The fourth-order valence-electron chi connectivity index (χ4n) is 2.74. The summed E-state index contributed by atoms with van der Waals surface area (Å²) < 4.78 is 4.35. The third-order valence-corrected chi connectivity index (χ3v) is 3.38. The largest absolute Gasteiger partial charge is 0.391 e. The van der Waals surface area contributed by atoms with Gasteiger partial charge >= 0.3 is 11.9 Å². The maximum Gasteiger partial charge on any atom is 0.332 e. The van der Waals surface area contributed by atoms with Crippen LogP contribution in [0, 0.1) is 17.8 Å². The topological polar surface area (TPSA) is 43.4 Å². The Labute approximate surface area is 75.8 Å². The van der Waals surface area contributed by atoms with Gasteiger partial charge in [0.2, 0.25) is 0 Å². The van der Waals surface area contributed by atoms with Gasteiger partial charge in [-0.1, -0.05) is 6.08 Å². The van der Waals surface area contributed by atoms with Gasteiger partial charge in [-0.3, -0.25) is 9.59 Å². The van der Waals surface area contributed by atoms with Crippen molar-refractivity contribution in [2.24, 2.45) is 17.8 Å². The summed E-state index contributed by atoms with van der Waals surface area (Å²) in [4.78, 5) is 22.0. The Morgan fingerprint density at radius 3 is 2.46 bits per heavy atom. The highest BCUT2D eigenvalue weighted by atomic mass is 16.6. The number of carbonyl (C=O) groups excluding carboxylic acids is 2. The third-order valence-electron chi connectivity index (χ3n) is 3.38. The van der Waals surface area contributed by atoms with Gasteiger partial charge < -0.3 is 4.74 Å². The number of rotatable bonds is 1. The Morgan fingerprint density at radius 1 is 1.23 bits per heavy atom. The van der Waals surface area contributed by atoms with E-state index in [-0.39, 0.29) is 11.9 Å². The number of esters is 2. The monoisotopic (exact) mass is 178 g/mol. The quantitative estimate of drug-likeness (QED) is 0.342. The van der Waals surface area contributed by atoms with Gasteiger partial charge in [0.1, 0.15) is 0 Å². The smallest absolute Gasteiger partial charge is 0.332 e. The fourth-order valence-corrected chi connectivity index (χ4v) is 2.74. The average Bonchev–Trinajstić information content (AvgIpc) is 2.64. The van der Waals surface area contributed by atoms with Crippen LogP contribution in [0.15, 0.2) is 11.6 Å². The number of fused-ring (bicyclic) bond motifs is 2. The van der Waals surface area contributed by atoms with Crippen LogP contribution in [0.4, 0.5) is 0 Å². The number of ether oxygens (including phenoxy) is 1. The van der Waals surface area contributed by atoms with Crippen LogP contribution in [0.5, 0.6) is 0 Å². The molecule has 2 unspecified atom stereocenters. The van der Waals surface area contributed by atoms with Crippen LogP contribution >= 0.6 is 0 Å². The van der Waals surface area contributed by atoms with Crippen molar-refractivity contribution < 1.29 is 14.3 Å². The lowest BCUT2D eigenvalue weighted by Crippen LogP contribution is -2.43. The van der Waals surface area contributed by atoms with E-state index < -0.39 is 5.92 Å². The number of allylic oxidation sites excluding steroid dienone is 1. The molecule has 0 amide bonds. The minimum absolute atomic E-state index is 0.344. The van der Waals surface area contributed by atoms with Crippen LogP contribution in [0.2, 0.25) is 0 Å². The molecule has 0 aromatic rings. The molecule has 2 bridgehead atoms. The molecule has 1 saturated heterocycles. The molecule has 1 aliphatic heterocycles. The SMILES string of the molecule is O=C1OC(=O)C1C1=CC2CCC1C2. The first kappa shape index (κ1) is 7.30. The van der Waals surface area contributed by atoms with Crippen molar-refractivity contribution in [2.75, 3.05) is 0 Å². The van der Waals surface area contributed by atoms with Crippen molar-refractivity contribution in [1.29, 1.82) is 0 Å². The van der Waals surface area contributed by atoms with Crippen LogP contribution in [0.3, 0.4) is 0 Å². The molecule has 2 aliphatic carbocycles. The summed E-state index contributed by atoms with van der Waals surface area (Å²) in [5.41, 5.74) is 1.05. The zero-order chi connectivity index (χ0) is 9.00. The Bertz CT molecular complexity index is 315. The summed E-state index contributed by atoms with van der Waals surface area (Å²) in [5, 5.41) is 0. The number of hydrogen-bond donors (Lipinski definition) is 0. The lowest BCUT2D eigenvalue weighted by atomic mass is 9.85. The molecule has 3 heteroatoms. The number of cyclic esters (lactones) is 2. The van der Waals surface area contributed by atoms with Gasteiger partial charge in [-0.25, -0.2) is 0 Å². The molecule has 3 nitrogen and oxygen atoms in total. The van der Waals surface area contributed by atoms with Gasteiger partial charge in [0.05, 0.1) is 0 Å². The van der Waals surface area contributed by atoms with Crippen molar-refractivity contribution in [3.63, 3.8) is 0 Å². The van der Waals surface area contributed by atoms with E-state index in [1.807, 2.05) is 0 Å². The summed E-state index contributed by atoms with van der Waals surface area (Å²) in [7, 11) is 0. The molecule has 3 rings (SSSR count). The second kappa shape index (κ2) is 2.22. The first-order valence-corrected chi connectivity index (χ1v) is 4.73. The molecule has 13 heavy (non-hydrogen) atoms. The predicted octanol–water partition coefficient (Wildman–Crippen LogP) is 1.04. The highest BCUT2D eigenvalue weighted by molar-refractivity contribution is 6.12. The van der Waals surface area contributed by atoms with Gasteiger partial charge in [-0.15, -0.1) is 0 Å². The van der Waals surface area contributed by atoms with Crippen molar-refractivity contribution in [3.8, 4) is 0 Å². The maximum absolute atomic E-state index is 11.0. The van der Waals surface area contributed by atoms with E-state index in [4.69, 9.17) is 0 Å². The van der Waals surface area contributed by atoms with Crippen molar-refractivity contribution >= 4 is 11.9 Å². The van der Waals surface area contributed by atoms with Crippen LogP contribution in [-0.4, -0.2) is 11.9 Å². The number of carbonyl (C=O) groups is 2. The van der Waals surface area contributed by atoms with Crippen LogP contribution in [0.25, 0.3) is 0 Å². The molecule has 68 valence electrons. The second-order valence-electron chi connectivity index (χ2n) is 4.11. The van der Waals surface area contributed by atoms with Crippen molar-refractivity contribution in [1.82, 2.24) is 0 Å². The van der Waals surface area contributed by atoms with E-state index in [0.717, 1.165) is 18.4 Å². The second-order valence-corrected chi connectivity index (χ2v) is 4.11. The van der Waals surface area contributed by atoms with E-state index in [1.54, 1.807) is 0 Å². The van der Waals surface area contributed by atoms with Crippen molar-refractivity contribution in [3.05, 3.63) is 11.6 Å². The summed E-state index contributed by atoms with van der Waals surface area (Å²) in [6.07, 6.45) is 5.64. The van der Waals surface area contributed by atoms with Crippen LogP contribution in [0.1, 0.15) is 19.3 Å². The van der Waals surface area contributed by atoms with E-state index in [2.05, 4.69) is 10.8 Å². The summed E-state index contributed by atoms with van der Waals surface area (Å²) in [5.74, 6) is -0.0871.